The largest absolute Gasteiger partial charge is 0.444 e. The van der Waals surface area contributed by atoms with Crippen LogP contribution in [0.2, 0.25) is 0 Å². The third-order valence-corrected chi connectivity index (χ3v) is 3.80. The maximum atomic E-state index is 12.1. The topological polar surface area (TPSA) is 59.1 Å². The number of alkyl halides is 1. The summed E-state index contributed by atoms with van der Waals surface area (Å²) in [6, 6.07) is 7.10. The SMILES string of the molecule is CC(Cl)c1ccc(OC(=O)N(C)CCCN(C)C(=O)OC(C)(C)C)cc1. The highest BCUT2D eigenvalue weighted by Gasteiger charge is 2.19. The van der Waals surface area contributed by atoms with Crippen molar-refractivity contribution >= 4 is 23.8 Å². The highest BCUT2D eigenvalue weighted by molar-refractivity contribution is 6.20. The number of rotatable bonds is 6. The van der Waals surface area contributed by atoms with Crippen molar-refractivity contribution in [1.82, 2.24) is 9.80 Å². The number of carbonyl (C=O) groups is 2. The molecule has 0 spiro atoms. The van der Waals surface area contributed by atoms with Crippen LogP contribution in [0.15, 0.2) is 24.3 Å². The van der Waals surface area contributed by atoms with E-state index in [1.807, 2.05) is 39.8 Å². The number of hydrogen-bond donors (Lipinski definition) is 0. The van der Waals surface area contributed by atoms with Crippen molar-refractivity contribution in [2.75, 3.05) is 27.2 Å². The van der Waals surface area contributed by atoms with Crippen molar-refractivity contribution in [1.29, 1.82) is 0 Å². The molecule has 0 aliphatic heterocycles. The van der Waals surface area contributed by atoms with E-state index in [0.29, 0.717) is 25.3 Å². The molecule has 7 heteroatoms. The minimum atomic E-state index is -0.525. The predicted octanol–water partition coefficient (Wildman–Crippen LogP) is 4.67. The molecule has 0 bridgehead atoms. The molecule has 6 nitrogen and oxygen atoms in total. The van der Waals surface area contributed by atoms with Gasteiger partial charge in [0.2, 0.25) is 0 Å². The molecule has 1 atom stereocenters. The lowest BCUT2D eigenvalue weighted by atomic mass is 10.2. The normalized spacial score (nSPS) is 12.3. The molecule has 0 aliphatic carbocycles. The van der Waals surface area contributed by atoms with Crippen LogP contribution < -0.4 is 4.74 Å². The van der Waals surface area contributed by atoms with Gasteiger partial charge in [0.25, 0.3) is 0 Å². The Morgan fingerprint density at radius 2 is 1.54 bits per heavy atom. The molecule has 0 saturated heterocycles. The summed E-state index contributed by atoms with van der Waals surface area (Å²) in [7, 11) is 3.33. The molecule has 0 fully saturated rings. The Bertz CT molecular complexity index is 597. The number of nitrogens with zero attached hydrogens (tertiary/aromatic N) is 2. The van der Waals surface area contributed by atoms with Crippen molar-refractivity contribution in [3.63, 3.8) is 0 Å². The van der Waals surface area contributed by atoms with Crippen LogP contribution in [0.25, 0.3) is 0 Å². The van der Waals surface area contributed by atoms with Crippen molar-refractivity contribution in [2.45, 2.75) is 45.1 Å². The highest BCUT2D eigenvalue weighted by atomic mass is 35.5. The van der Waals surface area contributed by atoms with E-state index >= 15 is 0 Å². The first kappa shape index (κ1) is 22.1. The first-order chi connectivity index (χ1) is 12.0. The first-order valence-electron chi connectivity index (χ1n) is 8.60. The zero-order chi connectivity index (χ0) is 19.9. The zero-order valence-electron chi connectivity index (χ0n) is 16.4. The molecule has 0 N–H and O–H groups in total. The second-order valence-electron chi connectivity index (χ2n) is 7.23. The fourth-order valence-electron chi connectivity index (χ4n) is 2.05. The Morgan fingerprint density at radius 3 is 2.00 bits per heavy atom. The fraction of sp³-hybridized carbons (Fsp3) is 0.579. The Hall–Kier alpha value is -1.95. The summed E-state index contributed by atoms with van der Waals surface area (Å²) in [5, 5.41) is -0.0932. The molecule has 0 radical (unpaired) electrons. The quantitative estimate of drug-likeness (QED) is 0.668. The van der Waals surface area contributed by atoms with Crippen molar-refractivity contribution in [3.05, 3.63) is 29.8 Å². The summed E-state index contributed by atoms with van der Waals surface area (Å²) in [5.74, 6) is 0.466. The van der Waals surface area contributed by atoms with E-state index in [0.717, 1.165) is 5.56 Å². The van der Waals surface area contributed by atoms with Crippen molar-refractivity contribution in [3.8, 4) is 5.75 Å². The van der Waals surface area contributed by atoms with Crippen LogP contribution in [0.4, 0.5) is 9.59 Å². The van der Waals surface area contributed by atoms with Gasteiger partial charge >= 0.3 is 12.2 Å². The van der Waals surface area contributed by atoms with Crippen LogP contribution in [-0.4, -0.2) is 54.8 Å². The molecule has 0 aromatic heterocycles. The summed E-state index contributed by atoms with van der Waals surface area (Å²) < 4.78 is 10.6. The lowest BCUT2D eigenvalue weighted by Gasteiger charge is -2.25. The molecule has 1 unspecified atom stereocenters. The van der Waals surface area contributed by atoms with Crippen molar-refractivity contribution in [2.24, 2.45) is 0 Å². The van der Waals surface area contributed by atoms with Gasteiger partial charge < -0.3 is 19.3 Å². The van der Waals surface area contributed by atoms with E-state index in [2.05, 4.69) is 0 Å². The third kappa shape index (κ3) is 7.95. The lowest BCUT2D eigenvalue weighted by Crippen LogP contribution is -2.37. The summed E-state index contributed by atoms with van der Waals surface area (Å²) in [5.41, 5.74) is 0.438. The Balaban J connectivity index is 2.39. The summed E-state index contributed by atoms with van der Waals surface area (Å²) in [6.07, 6.45) is -0.211. The van der Waals surface area contributed by atoms with Gasteiger partial charge in [-0.15, -0.1) is 11.6 Å². The highest BCUT2D eigenvalue weighted by Crippen LogP contribution is 2.22. The minimum Gasteiger partial charge on any atom is -0.444 e. The van der Waals surface area contributed by atoms with Crippen LogP contribution in [0.1, 0.15) is 45.1 Å². The maximum Gasteiger partial charge on any atom is 0.414 e. The van der Waals surface area contributed by atoms with Crippen LogP contribution in [-0.2, 0) is 4.74 Å². The van der Waals surface area contributed by atoms with E-state index in [1.165, 1.54) is 9.80 Å². The Labute approximate surface area is 161 Å². The van der Waals surface area contributed by atoms with Crippen LogP contribution in [0.3, 0.4) is 0 Å². The van der Waals surface area contributed by atoms with Crippen molar-refractivity contribution < 1.29 is 19.1 Å². The van der Waals surface area contributed by atoms with E-state index in [-0.39, 0.29) is 11.5 Å². The Morgan fingerprint density at radius 1 is 1.04 bits per heavy atom. The van der Waals surface area contributed by atoms with E-state index in [4.69, 9.17) is 21.1 Å². The average Bonchev–Trinajstić information content (AvgIpc) is 2.53. The zero-order valence-corrected chi connectivity index (χ0v) is 17.2. The standard InChI is InChI=1S/C19H29ClN2O4/c1-14(20)15-8-10-16(11-9-15)25-17(23)21(5)12-7-13-22(6)18(24)26-19(2,3)4/h8-11,14H,7,12-13H2,1-6H3. The molecule has 1 rings (SSSR count). The molecule has 0 aliphatic rings. The van der Waals surface area contributed by atoms with Gasteiger partial charge in [0.1, 0.15) is 11.4 Å². The van der Waals surface area contributed by atoms with Gasteiger partial charge in [0, 0.05) is 27.2 Å². The Kier molecular flexibility index (Phi) is 8.21. The van der Waals surface area contributed by atoms with E-state index in [9.17, 15) is 9.59 Å². The molecule has 26 heavy (non-hydrogen) atoms. The van der Waals surface area contributed by atoms with Crippen LogP contribution >= 0.6 is 11.6 Å². The summed E-state index contributed by atoms with van der Waals surface area (Å²) in [4.78, 5) is 26.9. The third-order valence-electron chi connectivity index (χ3n) is 3.55. The maximum absolute atomic E-state index is 12.1. The number of benzene rings is 1. The van der Waals surface area contributed by atoms with Gasteiger partial charge in [-0.05, 0) is 51.8 Å². The van der Waals surface area contributed by atoms with E-state index < -0.39 is 11.7 Å². The molecular formula is C19H29ClN2O4. The summed E-state index contributed by atoms with van der Waals surface area (Å²) in [6.45, 7) is 8.29. The average molecular weight is 385 g/mol. The monoisotopic (exact) mass is 384 g/mol. The van der Waals surface area contributed by atoms with E-state index in [1.54, 1.807) is 26.2 Å². The number of hydrogen-bond acceptors (Lipinski definition) is 4. The molecule has 0 saturated carbocycles. The fourth-order valence-corrected chi connectivity index (χ4v) is 2.19. The number of halogens is 1. The second-order valence-corrected chi connectivity index (χ2v) is 7.88. The molecule has 1 aromatic rings. The van der Waals surface area contributed by atoms with Crippen LogP contribution in [0, 0.1) is 0 Å². The molecular weight excluding hydrogens is 356 g/mol. The smallest absolute Gasteiger partial charge is 0.414 e. The number of ether oxygens (including phenoxy) is 2. The molecule has 1 aromatic carbocycles. The summed E-state index contributed by atoms with van der Waals surface area (Å²) >= 11 is 6.00. The van der Waals surface area contributed by atoms with Gasteiger partial charge in [-0.2, -0.15) is 0 Å². The number of carbonyl (C=O) groups excluding carboxylic acids is 2. The predicted molar refractivity (Wildman–Crippen MR) is 103 cm³/mol. The minimum absolute atomic E-state index is 0.0932. The lowest BCUT2D eigenvalue weighted by molar-refractivity contribution is 0.0295. The first-order valence-corrected chi connectivity index (χ1v) is 9.04. The molecule has 146 valence electrons. The molecule has 2 amide bonds. The number of amides is 2. The van der Waals surface area contributed by atoms with Crippen LogP contribution in [0.5, 0.6) is 5.75 Å². The van der Waals surface area contributed by atoms with Gasteiger partial charge in [0.05, 0.1) is 5.38 Å². The van der Waals surface area contributed by atoms with Gasteiger partial charge in [-0.25, -0.2) is 9.59 Å². The van der Waals surface area contributed by atoms with Gasteiger partial charge in [-0.3, -0.25) is 0 Å². The van der Waals surface area contributed by atoms with Gasteiger partial charge in [-0.1, -0.05) is 12.1 Å². The molecule has 0 heterocycles. The van der Waals surface area contributed by atoms with Gasteiger partial charge in [0.15, 0.2) is 0 Å². The second kappa shape index (κ2) is 9.67.